The van der Waals surface area contributed by atoms with Crippen LogP contribution >= 0.6 is 7.82 Å². The Labute approximate surface area is 376 Å². The number of carbonyl (C=O) groups is 4. The lowest BCUT2D eigenvalue weighted by atomic mass is 9.47. The minimum absolute atomic E-state index is 0.155. The van der Waals surface area contributed by atoms with Crippen molar-refractivity contribution in [3.8, 4) is 5.75 Å². The van der Waals surface area contributed by atoms with Crippen LogP contribution in [-0.4, -0.2) is 133 Å². The molecule has 9 rings (SSSR count). The minimum atomic E-state index is -5.39. The van der Waals surface area contributed by atoms with Crippen LogP contribution in [0.1, 0.15) is 75.3 Å². The third-order valence-electron chi connectivity index (χ3n) is 15.5. The van der Waals surface area contributed by atoms with Crippen LogP contribution in [0, 0.1) is 11.3 Å². The second-order valence-electron chi connectivity index (χ2n) is 18.6. The first-order chi connectivity index (χ1) is 30.8. The summed E-state index contributed by atoms with van der Waals surface area (Å²) >= 11 is 0. The molecule has 1 amide bonds. The van der Waals surface area contributed by atoms with Gasteiger partial charge in [-0.25, -0.2) is 4.79 Å². The highest BCUT2D eigenvalue weighted by atomic mass is 31.2. The fourth-order valence-corrected chi connectivity index (χ4v) is 13.4. The Balaban J connectivity index is 0.00000109. The minimum Gasteiger partial charge on any atom is -0.822 e. The summed E-state index contributed by atoms with van der Waals surface area (Å²) in [6, 6.07) is 9.97. The number of hydrogen-bond acceptors (Lipinski definition) is 16. The Morgan fingerprint density at radius 3 is 2.31 bits per heavy atom. The summed E-state index contributed by atoms with van der Waals surface area (Å²) in [6.07, 6.45) is 5.83. The number of ether oxygens (including phenoxy) is 4. The van der Waals surface area contributed by atoms with Gasteiger partial charge < -0.3 is 58.3 Å². The summed E-state index contributed by atoms with van der Waals surface area (Å²) in [5.41, 5.74) is -3.15. The molecule has 2 aromatic carbocycles. The molecule has 3 fully saturated rings. The van der Waals surface area contributed by atoms with E-state index in [0.29, 0.717) is 99.5 Å². The second-order valence-corrected chi connectivity index (χ2v) is 19.4. The molecule has 3 aromatic rings. The van der Waals surface area contributed by atoms with Crippen LogP contribution in [0.3, 0.4) is 0 Å². The van der Waals surface area contributed by atoms with Gasteiger partial charge in [0.25, 0.3) is 0 Å². The molecule has 1 saturated carbocycles. The third kappa shape index (κ3) is 6.97. The van der Waals surface area contributed by atoms with Gasteiger partial charge in [-0.3, -0.25) is 24.2 Å². The highest BCUT2D eigenvalue weighted by Gasteiger charge is 2.81. The van der Waals surface area contributed by atoms with Crippen LogP contribution in [0.25, 0.3) is 10.9 Å². The van der Waals surface area contributed by atoms with Crippen LogP contribution in [0.5, 0.6) is 5.75 Å². The topological polar surface area (TPSA) is 257 Å². The van der Waals surface area contributed by atoms with Gasteiger partial charge in [0.2, 0.25) is 12.0 Å². The van der Waals surface area contributed by atoms with E-state index in [0.717, 1.165) is 16.5 Å². The van der Waals surface area contributed by atoms with Crippen LogP contribution in [0.4, 0.5) is 5.69 Å². The zero-order chi connectivity index (χ0) is 47.1. The normalized spacial score (nSPS) is 34.6. The summed E-state index contributed by atoms with van der Waals surface area (Å²) in [7, 11) is -1.30. The van der Waals surface area contributed by atoms with Crippen molar-refractivity contribution >= 4 is 48.7 Å². The second kappa shape index (κ2) is 16.6. The van der Waals surface area contributed by atoms with Gasteiger partial charge in [-0.15, -0.1) is 0 Å². The van der Waals surface area contributed by atoms with E-state index >= 15 is 4.79 Å². The van der Waals surface area contributed by atoms with E-state index in [1.54, 1.807) is 6.07 Å². The van der Waals surface area contributed by atoms with Crippen molar-refractivity contribution in [3.63, 3.8) is 0 Å². The number of aromatic nitrogens is 1. The number of anilines is 1. The summed E-state index contributed by atoms with van der Waals surface area (Å²) in [4.78, 5) is 91.8. The molecule has 3 N–H and O–H groups in total. The molecule has 1 aromatic heterocycles. The van der Waals surface area contributed by atoms with Crippen LogP contribution < -0.4 is 24.3 Å². The summed E-state index contributed by atoms with van der Waals surface area (Å²) in [6.45, 7) is 8.16. The molecule has 0 radical (unpaired) electrons. The van der Waals surface area contributed by atoms with Gasteiger partial charge in [0.05, 0.1) is 38.7 Å². The van der Waals surface area contributed by atoms with E-state index in [9.17, 15) is 24.6 Å². The molecular formula is C46H56N4O14P-3. The number of fused-ring (bicyclic) bond motifs is 6. The molecule has 1 unspecified atom stereocenters. The number of H-pyrrole nitrogens is 1. The first-order valence-electron chi connectivity index (χ1n) is 22.0. The van der Waals surface area contributed by atoms with Gasteiger partial charge in [-0.2, -0.15) is 7.82 Å². The number of carbonyl (C=O) groups excluding carboxylic acids is 4. The summed E-state index contributed by atoms with van der Waals surface area (Å²) in [5, 5.41) is 26.3. The van der Waals surface area contributed by atoms with E-state index < -0.39 is 71.4 Å². The lowest BCUT2D eigenvalue weighted by Gasteiger charge is -2.63. The van der Waals surface area contributed by atoms with E-state index in [1.165, 1.54) is 33.2 Å². The van der Waals surface area contributed by atoms with Crippen LogP contribution in [0.15, 0.2) is 48.6 Å². The molecule has 2 bridgehead atoms. The molecule has 18 nitrogen and oxygen atoms in total. The third-order valence-corrected chi connectivity index (χ3v) is 15.5. The van der Waals surface area contributed by atoms with E-state index in [2.05, 4.69) is 20.9 Å². The first-order valence-corrected chi connectivity index (χ1v) is 23.5. The highest BCUT2D eigenvalue weighted by Crippen LogP contribution is 2.68. The van der Waals surface area contributed by atoms with Gasteiger partial charge in [0.1, 0.15) is 11.2 Å². The number of piperidine rings is 1. The number of rotatable bonds is 8. The number of para-hydroxylation sites is 1. The largest absolute Gasteiger partial charge is 0.822 e. The smallest absolute Gasteiger partial charge is 0.344 e. The molecule has 2 saturated heterocycles. The fourth-order valence-electron chi connectivity index (χ4n) is 13.4. The number of esters is 3. The average molecular weight is 920 g/mol. The Hall–Kier alpha value is -4.65. The maximum Gasteiger partial charge on any atom is 0.344 e. The molecule has 19 heteroatoms. The van der Waals surface area contributed by atoms with Crippen molar-refractivity contribution in [2.45, 2.75) is 99.5 Å². The molecule has 1 spiro atoms. The monoisotopic (exact) mass is 919 g/mol. The summed E-state index contributed by atoms with van der Waals surface area (Å²) in [5.74, 6) is -2.06. The maximum absolute atomic E-state index is 15.3. The van der Waals surface area contributed by atoms with E-state index in [1.807, 2.05) is 50.3 Å². The molecule has 1 aliphatic carbocycles. The number of phosphoric acid groups is 1. The van der Waals surface area contributed by atoms with E-state index in [-0.39, 0.29) is 12.3 Å². The molecule has 6 aliphatic rings. The first kappa shape index (κ1) is 46.9. The van der Waals surface area contributed by atoms with Gasteiger partial charge >= 0.3 is 17.9 Å². The molecular weight excluding hydrogens is 863 g/mol. The number of nitrogens with one attached hydrogen (secondary N) is 1. The van der Waals surface area contributed by atoms with Gasteiger partial charge in [0, 0.05) is 78.2 Å². The maximum atomic E-state index is 15.3. The Morgan fingerprint density at radius 2 is 1.68 bits per heavy atom. The molecule has 65 heavy (non-hydrogen) atoms. The number of amides is 1. The van der Waals surface area contributed by atoms with Gasteiger partial charge in [0.15, 0.2) is 6.10 Å². The van der Waals surface area contributed by atoms with Crippen LogP contribution in [-0.2, 0) is 55.2 Å². The predicted molar refractivity (Wildman–Crippen MR) is 228 cm³/mol. The van der Waals surface area contributed by atoms with Crippen molar-refractivity contribution in [1.82, 2.24) is 14.8 Å². The van der Waals surface area contributed by atoms with Crippen molar-refractivity contribution < 1.29 is 67.6 Å². The van der Waals surface area contributed by atoms with Crippen molar-refractivity contribution in [3.05, 3.63) is 70.9 Å². The number of nitrogens with zero attached hydrogens (tertiary/aromatic N) is 3. The van der Waals surface area contributed by atoms with Gasteiger partial charge in [-0.1, -0.05) is 44.2 Å². The summed E-state index contributed by atoms with van der Waals surface area (Å²) < 4.78 is 32.2. The number of benzene rings is 2. The number of methoxy groups -OCH3 is 3. The molecule has 352 valence electrons. The zero-order valence-corrected chi connectivity index (χ0v) is 38.3. The van der Waals surface area contributed by atoms with Crippen molar-refractivity contribution in [1.29, 1.82) is 0 Å². The average Bonchev–Trinajstić information content (AvgIpc) is 3.95. The van der Waals surface area contributed by atoms with E-state index in [4.69, 9.17) is 38.2 Å². The lowest BCUT2D eigenvalue weighted by Crippen LogP contribution is -2.81. The number of hydrogen-bond donors (Lipinski definition) is 3. The standard InChI is InChI=1S/C46H56N4O10.H3O4P/c1-7-42(55)22-28-23-45(40(53)58-5,36-30(14-18-48(24-28)25-42)29-12-9-10-13-33(29)47-36)32-20-31-34(21-35(32)57-4)50(26-51)38-44(31)16-19-49-17-11-15-43(8-2,37(44)49)39(60-27(3)52)46(38,56)41(54)59-6;1-5(2,3)4/h9-13,15,20-21,26,28,37-39,47,55-56H,7-8,14,16-19,22-25H2,1-6H3;(H3,1,2,3,4)/p-3/t28-,37+,38-,39-,42+,43-,44-,45+,46+;/m1./s1. The quantitative estimate of drug-likeness (QED) is 0.0924. The highest BCUT2D eigenvalue weighted by molar-refractivity contribution is 7.40. The van der Waals surface area contributed by atoms with Crippen LogP contribution in [0.2, 0.25) is 0 Å². The SMILES string of the molecule is CC[C@]1(O)C[C@H]2CN(CCc3c([nH]c4ccccc34)[C@@](C(=O)OC)(c3cc4c(cc3OC)N(C=O)[C@H]3[C@@](O)(C(=O)OC)[C@H](OC(C)=O)[C@]5(CC)C=CCN6CC[C@]43[C@@H]65)C2)C1.O=P([O-])([O-])[O-]. The Morgan fingerprint density at radius 1 is 0.969 bits per heavy atom. The molecule has 10 atom stereocenters. The zero-order valence-electron chi connectivity index (χ0n) is 37.4. The lowest BCUT2D eigenvalue weighted by molar-refractivity contribution is -0.432. The predicted octanol–water partition coefficient (Wildman–Crippen LogP) is 0.693. The van der Waals surface area contributed by atoms with Gasteiger partial charge in [-0.05, 0) is 74.2 Å². The molecule has 5 aliphatic heterocycles. The fraction of sp³-hybridized carbons (Fsp3) is 0.565. The Kier molecular flexibility index (Phi) is 12.0. The Bertz CT molecular complexity index is 2480. The molecule has 6 heterocycles. The number of aromatic amines is 1. The van der Waals surface area contributed by atoms with Crippen molar-refractivity contribution in [2.24, 2.45) is 11.3 Å². The van der Waals surface area contributed by atoms with Crippen molar-refractivity contribution in [2.75, 3.05) is 59.0 Å². The number of aliphatic hydroxyl groups is 2.